The molecule has 0 unspecified atom stereocenters. The minimum Gasteiger partial charge on any atom is -0.444 e. The Morgan fingerprint density at radius 2 is 2.00 bits per heavy atom. The number of hydrogen-bond donors (Lipinski definition) is 1. The Labute approximate surface area is 138 Å². The van der Waals surface area contributed by atoms with E-state index in [4.69, 9.17) is 4.74 Å². The highest BCUT2D eigenvalue weighted by Crippen LogP contribution is 2.26. The van der Waals surface area contributed by atoms with E-state index in [1.807, 2.05) is 31.5 Å². The molecule has 23 heavy (non-hydrogen) atoms. The predicted octanol–water partition coefficient (Wildman–Crippen LogP) is 2.77. The summed E-state index contributed by atoms with van der Waals surface area (Å²) >= 11 is 0. The van der Waals surface area contributed by atoms with Crippen LogP contribution in [0.1, 0.15) is 59.2 Å². The molecule has 0 atom stereocenters. The highest BCUT2D eigenvalue weighted by atomic mass is 16.6. The van der Waals surface area contributed by atoms with Crippen molar-refractivity contribution < 1.29 is 14.6 Å². The van der Waals surface area contributed by atoms with Crippen LogP contribution in [0.15, 0.2) is 12.4 Å². The lowest BCUT2D eigenvalue weighted by Crippen LogP contribution is -2.49. The molecule has 0 aliphatic carbocycles. The molecule has 1 aliphatic heterocycles. The predicted molar refractivity (Wildman–Crippen MR) is 88.3 cm³/mol. The second-order valence-corrected chi connectivity index (χ2v) is 7.76. The molecule has 0 spiro atoms. The molecule has 0 saturated carbocycles. The van der Waals surface area contributed by atoms with Crippen molar-refractivity contribution in [3.05, 3.63) is 18.2 Å². The summed E-state index contributed by atoms with van der Waals surface area (Å²) in [5.74, 6) is 1.29. The maximum Gasteiger partial charge on any atom is 0.410 e. The van der Waals surface area contributed by atoms with E-state index in [0.29, 0.717) is 38.4 Å². The topological polar surface area (TPSA) is 67.6 Å². The van der Waals surface area contributed by atoms with E-state index in [1.165, 1.54) is 0 Å². The van der Waals surface area contributed by atoms with Gasteiger partial charge in [-0.3, -0.25) is 0 Å². The first kappa shape index (κ1) is 17.8. The number of aromatic nitrogens is 2. The third-order valence-electron chi connectivity index (χ3n) is 4.07. The Hall–Kier alpha value is -1.56. The number of carbonyl (C=O) groups excluding carboxylic acids is 1. The van der Waals surface area contributed by atoms with Crippen molar-refractivity contribution in [2.24, 2.45) is 0 Å². The number of amides is 1. The Balaban J connectivity index is 1.94. The lowest BCUT2D eigenvalue weighted by atomic mass is 9.91. The smallest absolute Gasteiger partial charge is 0.410 e. The van der Waals surface area contributed by atoms with Gasteiger partial charge in [0, 0.05) is 31.4 Å². The third kappa shape index (κ3) is 4.70. The summed E-state index contributed by atoms with van der Waals surface area (Å²) < 4.78 is 7.41. The van der Waals surface area contributed by atoms with Crippen molar-refractivity contribution in [3.8, 4) is 0 Å². The molecule has 1 N–H and O–H groups in total. The summed E-state index contributed by atoms with van der Waals surface area (Å²) in [6, 6.07) is 0. The van der Waals surface area contributed by atoms with E-state index in [-0.39, 0.29) is 6.09 Å². The van der Waals surface area contributed by atoms with Gasteiger partial charge in [0.2, 0.25) is 0 Å². The van der Waals surface area contributed by atoms with Crippen LogP contribution in [-0.4, -0.2) is 49.9 Å². The molecule has 1 aliphatic rings. The highest BCUT2D eigenvalue weighted by molar-refractivity contribution is 5.68. The van der Waals surface area contributed by atoms with E-state index in [0.717, 1.165) is 5.82 Å². The Morgan fingerprint density at radius 3 is 2.52 bits per heavy atom. The first-order chi connectivity index (χ1) is 10.6. The summed E-state index contributed by atoms with van der Waals surface area (Å²) in [7, 11) is 0. The van der Waals surface area contributed by atoms with Crippen molar-refractivity contribution >= 4 is 6.09 Å². The zero-order chi connectivity index (χ0) is 17.3. The molecule has 1 saturated heterocycles. The molecule has 1 fully saturated rings. The molecule has 2 heterocycles. The van der Waals surface area contributed by atoms with Crippen LogP contribution in [0.5, 0.6) is 0 Å². The van der Waals surface area contributed by atoms with Crippen LogP contribution in [0.4, 0.5) is 4.79 Å². The number of hydrogen-bond acceptors (Lipinski definition) is 4. The average molecular weight is 323 g/mol. The molecular formula is C17H29N3O3. The second-order valence-electron chi connectivity index (χ2n) is 7.76. The van der Waals surface area contributed by atoms with E-state index in [1.54, 1.807) is 11.1 Å². The van der Waals surface area contributed by atoms with Gasteiger partial charge in [0.25, 0.3) is 0 Å². The summed E-state index contributed by atoms with van der Waals surface area (Å²) in [5.41, 5.74) is -1.29. The summed E-state index contributed by atoms with van der Waals surface area (Å²) in [6.07, 6.45) is 4.47. The number of rotatable bonds is 3. The van der Waals surface area contributed by atoms with E-state index in [2.05, 4.69) is 18.8 Å². The number of piperidine rings is 1. The second kappa shape index (κ2) is 6.51. The lowest BCUT2D eigenvalue weighted by molar-refractivity contribution is -0.0418. The number of carbonyl (C=O) groups is 1. The van der Waals surface area contributed by atoms with Gasteiger partial charge in [0.05, 0.1) is 12.1 Å². The van der Waals surface area contributed by atoms with Crippen LogP contribution in [0.25, 0.3) is 0 Å². The largest absolute Gasteiger partial charge is 0.444 e. The molecule has 6 heteroatoms. The minimum atomic E-state index is -0.803. The molecule has 6 nitrogen and oxygen atoms in total. The molecule has 130 valence electrons. The highest BCUT2D eigenvalue weighted by Gasteiger charge is 2.36. The summed E-state index contributed by atoms with van der Waals surface area (Å²) in [5, 5.41) is 10.9. The van der Waals surface area contributed by atoms with Crippen LogP contribution in [0, 0.1) is 0 Å². The van der Waals surface area contributed by atoms with Gasteiger partial charge in [-0.25, -0.2) is 9.78 Å². The Morgan fingerprint density at radius 1 is 1.39 bits per heavy atom. The van der Waals surface area contributed by atoms with Crippen molar-refractivity contribution in [1.29, 1.82) is 0 Å². The molecule has 0 aromatic carbocycles. The molecule has 1 amide bonds. The quantitative estimate of drug-likeness (QED) is 0.929. The van der Waals surface area contributed by atoms with Crippen molar-refractivity contribution in [1.82, 2.24) is 14.5 Å². The summed E-state index contributed by atoms with van der Waals surface area (Å²) in [6.45, 7) is 11.3. The van der Waals surface area contributed by atoms with Crippen LogP contribution in [0.2, 0.25) is 0 Å². The van der Waals surface area contributed by atoms with E-state index < -0.39 is 11.2 Å². The standard InChI is InChI=1S/C17H29N3O3/c1-13(2)14-18-8-11-20(14)12-17(22)6-9-19(10-7-17)15(21)23-16(3,4)5/h8,11,13,22H,6-7,9-10,12H2,1-5H3. The van der Waals surface area contributed by atoms with Gasteiger partial charge in [-0.1, -0.05) is 13.8 Å². The van der Waals surface area contributed by atoms with Gasteiger partial charge in [0.15, 0.2) is 0 Å². The average Bonchev–Trinajstić information content (AvgIpc) is 2.85. The zero-order valence-electron chi connectivity index (χ0n) is 14.9. The van der Waals surface area contributed by atoms with Gasteiger partial charge in [-0.05, 0) is 33.6 Å². The molecule has 1 aromatic heterocycles. The first-order valence-corrected chi connectivity index (χ1v) is 8.31. The fourth-order valence-corrected chi connectivity index (χ4v) is 2.86. The van der Waals surface area contributed by atoms with Crippen LogP contribution in [0.3, 0.4) is 0 Å². The van der Waals surface area contributed by atoms with Gasteiger partial charge in [-0.2, -0.15) is 0 Å². The molecule has 1 aromatic rings. The third-order valence-corrected chi connectivity index (χ3v) is 4.07. The van der Waals surface area contributed by atoms with Crippen molar-refractivity contribution in [2.45, 2.75) is 71.1 Å². The number of nitrogens with zero attached hydrogens (tertiary/aromatic N) is 3. The Bertz CT molecular complexity index is 538. The maximum absolute atomic E-state index is 12.1. The zero-order valence-corrected chi connectivity index (χ0v) is 14.9. The van der Waals surface area contributed by atoms with Crippen molar-refractivity contribution in [2.75, 3.05) is 13.1 Å². The number of imidazole rings is 1. The lowest BCUT2D eigenvalue weighted by Gasteiger charge is -2.39. The monoisotopic (exact) mass is 323 g/mol. The SMILES string of the molecule is CC(C)c1nccn1CC1(O)CCN(C(=O)OC(C)(C)C)CC1. The van der Waals surface area contributed by atoms with Crippen LogP contribution < -0.4 is 0 Å². The Kier molecular flexibility index (Phi) is 5.04. The number of ether oxygens (including phenoxy) is 1. The van der Waals surface area contributed by atoms with Gasteiger partial charge >= 0.3 is 6.09 Å². The normalized spacial score (nSPS) is 18.3. The van der Waals surface area contributed by atoms with Gasteiger partial charge in [-0.15, -0.1) is 0 Å². The fraction of sp³-hybridized carbons (Fsp3) is 0.765. The number of likely N-dealkylation sites (tertiary alicyclic amines) is 1. The fourth-order valence-electron chi connectivity index (χ4n) is 2.86. The maximum atomic E-state index is 12.1. The van der Waals surface area contributed by atoms with E-state index >= 15 is 0 Å². The minimum absolute atomic E-state index is 0.301. The molecule has 0 radical (unpaired) electrons. The van der Waals surface area contributed by atoms with Crippen LogP contribution in [-0.2, 0) is 11.3 Å². The first-order valence-electron chi connectivity index (χ1n) is 8.31. The van der Waals surface area contributed by atoms with E-state index in [9.17, 15) is 9.90 Å². The molecular weight excluding hydrogens is 294 g/mol. The molecule has 0 bridgehead atoms. The van der Waals surface area contributed by atoms with Gasteiger partial charge in [0.1, 0.15) is 11.4 Å². The number of aliphatic hydroxyl groups is 1. The molecule has 2 rings (SSSR count). The summed E-state index contributed by atoms with van der Waals surface area (Å²) in [4.78, 5) is 18.1. The van der Waals surface area contributed by atoms with Crippen molar-refractivity contribution in [3.63, 3.8) is 0 Å². The van der Waals surface area contributed by atoms with Crippen LogP contribution >= 0.6 is 0 Å². The van der Waals surface area contributed by atoms with Gasteiger partial charge < -0.3 is 19.3 Å².